The first-order chi connectivity index (χ1) is 6.74. The average molecular weight is 258 g/mol. The van der Waals surface area contributed by atoms with Gasteiger partial charge in [-0.3, -0.25) is 0 Å². The summed E-state index contributed by atoms with van der Waals surface area (Å²) in [5.74, 6) is 0. The molecule has 14 heavy (non-hydrogen) atoms. The van der Waals surface area contributed by atoms with Crippen LogP contribution in [0.25, 0.3) is 0 Å². The Morgan fingerprint density at radius 1 is 1.36 bits per heavy atom. The first-order valence-electron chi connectivity index (χ1n) is 4.74. The van der Waals surface area contributed by atoms with E-state index in [-0.39, 0.29) is 6.04 Å². The van der Waals surface area contributed by atoms with Crippen LogP contribution >= 0.6 is 15.9 Å². The van der Waals surface area contributed by atoms with Crippen LogP contribution in [0.15, 0.2) is 28.7 Å². The molecule has 0 amide bonds. The van der Waals surface area contributed by atoms with Crippen LogP contribution in [-0.2, 0) is 4.74 Å². The van der Waals surface area contributed by atoms with Gasteiger partial charge in [-0.25, -0.2) is 0 Å². The lowest BCUT2D eigenvalue weighted by Gasteiger charge is -2.11. The Bertz CT molecular complexity index is 260. The van der Waals surface area contributed by atoms with Crippen LogP contribution in [0.3, 0.4) is 0 Å². The molecule has 1 rings (SSSR count). The minimum atomic E-state index is 0.123. The molecule has 0 spiro atoms. The van der Waals surface area contributed by atoms with Gasteiger partial charge in [-0.05, 0) is 30.5 Å². The highest BCUT2D eigenvalue weighted by molar-refractivity contribution is 9.10. The second-order valence-electron chi connectivity index (χ2n) is 3.29. The predicted octanol–water partition coefficient (Wildman–Crippen LogP) is 2.88. The molecule has 0 aliphatic heterocycles. The largest absolute Gasteiger partial charge is 0.385 e. The summed E-state index contributed by atoms with van der Waals surface area (Å²) in [5.41, 5.74) is 7.20. The summed E-state index contributed by atoms with van der Waals surface area (Å²) in [6.45, 7) is 0.782. The summed E-state index contributed by atoms with van der Waals surface area (Å²) >= 11 is 3.40. The number of hydrogen-bond donors (Lipinski definition) is 1. The molecule has 0 saturated carbocycles. The van der Waals surface area contributed by atoms with Gasteiger partial charge in [-0.2, -0.15) is 0 Å². The SMILES string of the molecule is COCCC[C@@H](N)c1ccc(Br)cc1. The van der Waals surface area contributed by atoms with E-state index in [1.807, 2.05) is 12.1 Å². The van der Waals surface area contributed by atoms with E-state index < -0.39 is 0 Å². The third kappa shape index (κ3) is 3.78. The van der Waals surface area contributed by atoms with Crippen molar-refractivity contribution >= 4 is 15.9 Å². The topological polar surface area (TPSA) is 35.2 Å². The fourth-order valence-electron chi connectivity index (χ4n) is 1.32. The molecule has 1 atom stereocenters. The van der Waals surface area contributed by atoms with Gasteiger partial charge >= 0.3 is 0 Å². The highest BCUT2D eigenvalue weighted by Gasteiger charge is 2.04. The number of rotatable bonds is 5. The molecule has 1 aromatic rings. The molecular weight excluding hydrogens is 242 g/mol. The van der Waals surface area contributed by atoms with E-state index >= 15 is 0 Å². The first kappa shape index (κ1) is 11.7. The average Bonchev–Trinajstić information content (AvgIpc) is 2.19. The Labute approximate surface area is 93.6 Å². The van der Waals surface area contributed by atoms with Gasteiger partial charge < -0.3 is 10.5 Å². The Hall–Kier alpha value is -0.380. The van der Waals surface area contributed by atoms with E-state index in [1.54, 1.807) is 7.11 Å². The Morgan fingerprint density at radius 2 is 2.00 bits per heavy atom. The molecule has 0 heterocycles. The van der Waals surface area contributed by atoms with E-state index in [0.717, 1.165) is 23.9 Å². The van der Waals surface area contributed by atoms with Crippen LogP contribution in [0.4, 0.5) is 0 Å². The maximum atomic E-state index is 6.01. The Balaban J connectivity index is 2.43. The number of hydrogen-bond acceptors (Lipinski definition) is 2. The van der Waals surface area contributed by atoms with Crippen molar-refractivity contribution in [2.24, 2.45) is 5.73 Å². The van der Waals surface area contributed by atoms with Gasteiger partial charge in [0.05, 0.1) is 0 Å². The van der Waals surface area contributed by atoms with Crippen LogP contribution in [0.5, 0.6) is 0 Å². The van der Waals surface area contributed by atoms with Gasteiger partial charge in [-0.15, -0.1) is 0 Å². The minimum absolute atomic E-state index is 0.123. The van der Waals surface area contributed by atoms with Crippen molar-refractivity contribution < 1.29 is 4.74 Å². The molecule has 2 nitrogen and oxygen atoms in total. The molecule has 0 aliphatic rings. The second-order valence-corrected chi connectivity index (χ2v) is 4.21. The van der Waals surface area contributed by atoms with Gasteiger partial charge in [0.2, 0.25) is 0 Å². The zero-order valence-electron chi connectivity index (χ0n) is 8.37. The van der Waals surface area contributed by atoms with Crippen LogP contribution in [0.2, 0.25) is 0 Å². The van der Waals surface area contributed by atoms with Gasteiger partial charge in [0.15, 0.2) is 0 Å². The van der Waals surface area contributed by atoms with Crippen LogP contribution in [0.1, 0.15) is 24.4 Å². The molecule has 1 aromatic carbocycles. The minimum Gasteiger partial charge on any atom is -0.385 e. The zero-order chi connectivity index (χ0) is 10.4. The predicted molar refractivity (Wildman–Crippen MR) is 62.2 cm³/mol. The van der Waals surface area contributed by atoms with Crippen molar-refractivity contribution in [1.29, 1.82) is 0 Å². The lowest BCUT2D eigenvalue weighted by molar-refractivity contribution is 0.190. The lowest BCUT2D eigenvalue weighted by Crippen LogP contribution is -2.10. The number of methoxy groups -OCH3 is 1. The molecule has 3 heteroatoms. The fourth-order valence-corrected chi connectivity index (χ4v) is 1.59. The number of benzene rings is 1. The zero-order valence-corrected chi connectivity index (χ0v) is 9.96. The number of ether oxygens (including phenoxy) is 1. The van der Waals surface area contributed by atoms with Gasteiger partial charge in [-0.1, -0.05) is 28.1 Å². The van der Waals surface area contributed by atoms with Crippen LogP contribution in [0, 0.1) is 0 Å². The smallest absolute Gasteiger partial charge is 0.0462 e. The lowest BCUT2D eigenvalue weighted by atomic mass is 10.0. The summed E-state index contributed by atoms with van der Waals surface area (Å²) in [5, 5.41) is 0. The Kier molecular flexibility index (Phi) is 5.15. The fraction of sp³-hybridized carbons (Fsp3) is 0.455. The van der Waals surface area contributed by atoms with Crippen molar-refractivity contribution in [3.05, 3.63) is 34.3 Å². The Morgan fingerprint density at radius 3 is 2.57 bits per heavy atom. The third-order valence-corrected chi connectivity index (χ3v) is 2.69. The van der Waals surface area contributed by atoms with Gasteiger partial charge in [0.25, 0.3) is 0 Å². The standard InChI is InChI=1S/C11H16BrNO/c1-14-8-2-3-11(13)9-4-6-10(12)7-5-9/h4-7,11H,2-3,8,13H2,1H3/t11-/m1/s1. The summed E-state index contributed by atoms with van der Waals surface area (Å²) in [7, 11) is 1.71. The molecule has 0 bridgehead atoms. The van der Waals surface area contributed by atoms with Crippen molar-refractivity contribution in [2.45, 2.75) is 18.9 Å². The quantitative estimate of drug-likeness (QED) is 0.824. The maximum absolute atomic E-state index is 6.01. The van der Waals surface area contributed by atoms with Crippen molar-refractivity contribution in [3.63, 3.8) is 0 Å². The van der Waals surface area contributed by atoms with Crippen LogP contribution < -0.4 is 5.73 Å². The van der Waals surface area contributed by atoms with E-state index in [4.69, 9.17) is 10.5 Å². The van der Waals surface area contributed by atoms with Gasteiger partial charge in [0.1, 0.15) is 0 Å². The monoisotopic (exact) mass is 257 g/mol. The summed E-state index contributed by atoms with van der Waals surface area (Å²) in [6.07, 6.45) is 1.98. The van der Waals surface area contributed by atoms with Crippen molar-refractivity contribution in [1.82, 2.24) is 0 Å². The molecule has 0 aromatic heterocycles. The normalized spacial score (nSPS) is 12.8. The maximum Gasteiger partial charge on any atom is 0.0462 e. The summed E-state index contributed by atoms with van der Waals surface area (Å²) in [6, 6.07) is 8.28. The van der Waals surface area contributed by atoms with E-state index in [0.29, 0.717) is 0 Å². The molecule has 78 valence electrons. The molecule has 0 radical (unpaired) electrons. The van der Waals surface area contributed by atoms with Crippen molar-refractivity contribution in [2.75, 3.05) is 13.7 Å². The highest BCUT2D eigenvalue weighted by Crippen LogP contribution is 2.18. The summed E-state index contributed by atoms with van der Waals surface area (Å²) < 4.78 is 6.07. The molecule has 0 fully saturated rings. The second kappa shape index (κ2) is 6.17. The van der Waals surface area contributed by atoms with Crippen LogP contribution in [-0.4, -0.2) is 13.7 Å². The highest BCUT2D eigenvalue weighted by atomic mass is 79.9. The molecule has 2 N–H and O–H groups in total. The molecule has 0 aliphatic carbocycles. The molecular formula is C11H16BrNO. The summed E-state index contributed by atoms with van der Waals surface area (Å²) in [4.78, 5) is 0. The van der Waals surface area contributed by atoms with Crippen molar-refractivity contribution in [3.8, 4) is 0 Å². The van der Waals surface area contributed by atoms with Gasteiger partial charge in [0, 0.05) is 24.2 Å². The third-order valence-electron chi connectivity index (χ3n) is 2.16. The first-order valence-corrected chi connectivity index (χ1v) is 5.53. The van der Waals surface area contributed by atoms with E-state index in [2.05, 4.69) is 28.1 Å². The van der Waals surface area contributed by atoms with E-state index in [1.165, 1.54) is 5.56 Å². The van der Waals surface area contributed by atoms with E-state index in [9.17, 15) is 0 Å². The number of nitrogens with two attached hydrogens (primary N) is 1. The number of halogens is 1. The molecule has 0 saturated heterocycles. The molecule has 0 unspecified atom stereocenters.